The van der Waals surface area contributed by atoms with Crippen molar-refractivity contribution in [3.8, 4) is 0 Å². The fourth-order valence-corrected chi connectivity index (χ4v) is 9.99. The highest BCUT2D eigenvalue weighted by Gasteiger charge is 2.47. The molecule has 0 aliphatic carbocycles. The Morgan fingerprint density at radius 1 is 1.07 bits per heavy atom. The average Bonchev–Trinajstić information content (AvgIpc) is 3.92. The zero-order chi connectivity index (χ0) is 39.9. The lowest BCUT2D eigenvalue weighted by Gasteiger charge is -2.41. The van der Waals surface area contributed by atoms with Crippen LogP contribution in [0.15, 0.2) is 82.8 Å². The van der Waals surface area contributed by atoms with Crippen LogP contribution in [0.4, 0.5) is 0 Å². The molecule has 7 rings (SSSR count). The monoisotopic (exact) mass is 802 g/mol. The second-order valence-corrected chi connectivity index (χ2v) is 22.2. The van der Waals surface area contributed by atoms with Gasteiger partial charge in [0.1, 0.15) is 30.2 Å². The number of benzene rings is 2. The fraction of sp³-hybridized carbons (Fsp3) is 0.450. The van der Waals surface area contributed by atoms with Crippen molar-refractivity contribution in [3.63, 3.8) is 0 Å². The number of carbonyl (C=O) groups is 1. The minimum atomic E-state index is -2.22. The van der Waals surface area contributed by atoms with Crippen molar-refractivity contribution in [1.29, 1.82) is 0 Å². The van der Waals surface area contributed by atoms with Gasteiger partial charge in [-0.25, -0.2) is 9.78 Å². The summed E-state index contributed by atoms with van der Waals surface area (Å²) in [5.74, 6) is 0.320. The number of hydrogen-bond acceptors (Lipinski definition) is 10. The summed E-state index contributed by atoms with van der Waals surface area (Å²) >= 11 is 0. The predicted octanol–water partition coefficient (Wildman–Crippen LogP) is 6.33. The van der Waals surface area contributed by atoms with E-state index in [1.54, 1.807) is 26.4 Å². The van der Waals surface area contributed by atoms with Crippen LogP contribution in [0, 0.1) is 6.92 Å². The van der Waals surface area contributed by atoms with E-state index in [1.807, 2.05) is 48.5 Å². The Morgan fingerprint density at radius 3 is 2.48 bits per heavy atom. The van der Waals surface area contributed by atoms with Gasteiger partial charge in [0.15, 0.2) is 8.32 Å². The van der Waals surface area contributed by atoms with E-state index < -0.39 is 58.6 Å². The number of H-pyrrole nitrogens is 2. The van der Waals surface area contributed by atoms with E-state index in [9.17, 15) is 14.4 Å². The zero-order valence-corrected chi connectivity index (χ0v) is 35.0. The van der Waals surface area contributed by atoms with E-state index >= 15 is 0 Å². The number of para-hydroxylation sites is 1. The molecule has 5 heterocycles. The maximum absolute atomic E-state index is 13.7. The Balaban J connectivity index is 1.34. The standard InChI is InChI=1S/C40H51N6O8PSi/c1-25-22-45(39(49)43-37(25)47)33-21-31(32(53-33)24-52-56(7,8)40(2,3)4)54-55(51-6)46-29-17-13-12-16-27(29)28-20-30(38(48)50-5)44(23-26-14-10-9-11-15-26)35(34(28)46)36-41-18-19-42-36/h9-19,22,30-33,35H,20-21,23-24H2,1-8H3,(H,41,42)(H,43,47,49)/t30-,31-,32+,33+,35-,55?/m0/s1. The van der Waals surface area contributed by atoms with Crippen LogP contribution in [0.1, 0.15) is 67.7 Å². The highest BCUT2D eigenvalue weighted by molar-refractivity contribution is 7.45. The second kappa shape index (κ2) is 16.0. The third-order valence-electron chi connectivity index (χ3n) is 11.4. The molecule has 1 unspecified atom stereocenters. The van der Waals surface area contributed by atoms with Gasteiger partial charge in [-0.05, 0) is 42.2 Å². The van der Waals surface area contributed by atoms with Crippen molar-refractivity contribution in [1.82, 2.24) is 28.8 Å². The van der Waals surface area contributed by atoms with Crippen molar-refractivity contribution in [2.75, 3.05) is 20.8 Å². The highest BCUT2D eigenvalue weighted by atomic mass is 31.2. The summed E-state index contributed by atoms with van der Waals surface area (Å²) in [5, 5.41) is 0.916. The molecule has 0 amide bonds. The van der Waals surface area contributed by atoms with Crippen molar-refractivity contribution in [3.05, 3.63) is 122 Å². The van der Waals surface area contributed by atoms with Gasteiger partial charge in [0.05, 0.1) is 31.0 Å². The van der Waals surface area contributed by atoms with Crippen molar-refractivity contribution in [2.45, 2.75) is 95.7 Å². The second-order valence-electron chi connectivity index (χ2n) is 15.9. The number of carbonyl (C=O) groups excluding carboxylic acids is 1. The van der Waals surface area contributed by atoms with Crippen LogP contribution in [0.3, 0.4) is 0 Å². The third kappa shape index (κ3) is 7.61. The van der Waals surface area contributed by atoms with Crippen LogP contribution in [0.5, 0.6) is 0 Å². The summed E-state index contributed by atoms with van der Waals surface area (Å²) in [6, 6.07) is 16.9. The largest absolute Gasteiger partial charge is 0.468 e. The molecular formula is C40H51N6O8PSi. The lowest BCUT2D eigenvalue weighted by atomic mass is 9.90. The molecule has 1 saturated heterocycles. The molecule has 1 fully saturated rings. The third-order valence-corrected chi connectivity index (χ3v) is 17.5. The first kappa shape index (κ1) is 40.0. The first-order valence-electron chi connectivity index (χ1n) is 18.8. The molecule has 5 aromatic rings. The van der Waals surface area contributed by atoms with Crippen molar-refractivity contribution >= 4 is 33.7 Å². The molecule has 56 heavy (non-hydrogen) atoms. The van der Waals surface area contributed by atoms with Gasteiger partial charge < -0.3 is 27.9 Å². The summed E-state index contributed by atoms with van der Waals surface area (Å²) in [7, 11) is -1.06. The smallest absolute Gasteiger partial charge is 0.330 e. The van der Waals surface area contributed by atoms with Gasteiger partial charge >= 0.3 is 11.7 Å². The quantitative estimate of drug-likeness (QED) is 0.0832. The molecule has 14 nitrogen and oxygen atoms in total. The number of esters is 1. The summed E-state index contributed by atoms with van der Waals surface area (Å²) in [4.78, 5) is 51.7. The number of nitrogens with zero attached hydrogens (tertiary/aromatic N) is 4. The van der Waals surface area contributed by atoms with E-state index in [4.69, 9.17) is 27.9 Å². The Hall–Kier alpha value is -4.21. The van der Waals surface area contributed by atoms with Gasteiger partial charge in [-0.1, -0.05) is 69.3 Å². The van der Waals surface area contributed by atoms with Crippen LogP contribution >= 0.6 is 8.53 Å². The minimum absolute atomic E-state index is 0.0505. The number of aromatic amines is 2. The number of hydrogen-bond donors (Lipinski definition) is 2. The average molecular weight is 803 g/mol. The zero-order valence-electron chi connectivity index (χ0n) is 33.1. The Kier molecular flexibility index (Phi) is 11.4. The van der Waals surface area contributed by atoms with Crippen LogP contribution < -0.4 is 11.2 Å². The van der Waals surface area contributed by atoms with E-state index in [2.05, 4.69) is 59.1 Å². The molecular weight excluding hydrogens is 752 g/mol. The molecule has 3 aromatic heterocycles. The molecule has 0 saturated carbocycles. The molecule has 2 aromatic carbocycles. The lowest BCUT2D eigenvalue weighted by Crippen LogP contribution is -2.49. The number of ether oxygens (including phenoxy) is 2. The Bertz CT molecular complexity index is 2290. The van der Waals surface area contributed by atoms with Gasteiger partial charge in [0.25, 0.3) is 14.1 Å². The fourth-order valence-electron chi connectivity index (χ4n) is 7.42. The summed E-state index contributed by atoms with van der Waals surface area (Å²) in [6.07, 6.45) is 3.85. The van der Waals surface area contributed by atoms with E-state index in [-0.39, 0.29) is 17.6 Å². The molecule has 6 atom stereocenters. The number of aryl methyl sites for hydroxylation is 1. The summed E-state index contributed by atoms with van der Waals surface area (Å²) < 4.78 is 35.7. The number of rotatable bonds is 12. The maximum Gasteiger partial charge on any atom is 0.330 e. The first-order valence-corrected chi connectivity index (χ1v) is 22.9. The van der Waals surface area contributed by atoms with Crippen LogP contribution in [-0.4, -0.2) is 82.1 Å². The molecule has 16 heteroatoms. The van der Waals surface area contributed by atoms with Crippen LogP contribution in [0.25, 0.3) is 10.9 Å². The molecule has 0 bridgehead atoms. The Morgan fingerprint density at radius 2 is 1.80 bits per heavy atom. The van der Waals surface area contributed by atoms with Gasteiger partial charge in [-0.2, -0.15) is 0 Å². The normalized spacial score (nSPS) is 22.3. The molecule has 0 spiro atoms. The SMILES string of the molecule is COC(=O)[C@@H]1Cc2c(n(P(OC)O[C@H]3C[C@H](n4cc(C)c(=O)[nH]c4=O)O[C@@H]3CO[Si](C)(C)C(C)(C)C)c3ccccc23)[C@@H](c2ncc[nH]2)N1Cc1ccccc1. The summed E-state index contributed by atoms with van der Waals surface area (Å²) in [6.45, 7) is 13.2. The lowest BCUT2D eigenvalue weighted by molar-refractivity contribution is -0.148. The van der Waals surface area contributed by atoms with Gasteiger partial charge in [-0.3, -0.25) is 28.4 Å². The number of aromatic nitrogens is 5. The number of fused-ring (bicyclic) bond motifs is 3. The van der Waals surface area contributed by atoms with Crippen LogP contribution in [-0.2, 0) is 40.7 Å². The molecule has 2 N–H and O–H groups in total. The number of nitrogens with one attached hydrogen (secondary N) is 2. The van der Waals surface area contributed by atoms with Crippen molar-refractivity contribution < 1.29 is 27.7 Å². The topological polar surface area (TPSA) is 155 Å². The molecule has 0 radical (unpaired) electrons. The molecule has 298 valence electrons. The van der Waals surface area contributed by atoms with Gasteiger partial charge in [0, 0.05) is 56.0 Å². The Labute approximate surface area is 328 Å². The number of methoxy groups -OCH3 is 1. The minimum Gasteiger partial charge on any atom is -0.468 e. The van der Waals surface area contributed by atoms with Gasteiger partial charge in [0.2, 0.25) is 0 Å². The van der Waals surface area contributed by atoms with Crippen molar-refractivity contribution in [2.24, 2.45) is 0 Å². The highest BCUT2D eigenvalue weighted by Crippen LogP contribution is 2.54. The van der Waals surface area contributed by atoms with E-state index in [0.29, 0.717) is 30.8 Å². The first-order chi connectivity index (χ1) is 26.7. The summed E-state index contributed by atoms with van der Waals surface area (Å²) in [5.41, 5.74) is 3.17. The number of imidazole rings is 1. The van der Waals surface area contributed by atoms with Gasteiger partial charge in [-0.15, -0.1) is 0 Å². The van der Waals surface area contributed by atoms with Crippen LogP contribution in [0.2, 0.25) is 18.1 Å². The maximum atomic E-state index is 13.7. The van der Waals surface area contributed by atoms with E-state index in [0.717, 1.165) is 27.7 Å². The predicted molar refractivity (Wildman–Crippen MR) is 216 cm³/mol. The molecule has 2 aliphatic heterocycles. The van der Waals surface area contributed by atoms with E-state index in [1.165, 1.54) is 17.9 Å². The molecule has 2 aliphatic rings.